The molecule has 2 aromatic heterocycles. The van der Waals surface area contributed by atoms with Gasteiger partial charge in [0.25, 0.3) is 0 Å². The van der Waals surface area contributed by atoms with Crippen molar-refractivity contribution in [3.8, 4) is 0 Å². The van der Waals surface area contributed by atoms with Crippen LogP contribution in [0.5, 0.6) is 0 Å². The predicted molar refractivity (Wildman–Crippen MR) is 70.4 cm³/mol. The van der Waals surface area contributed by atoms with Crippen molar-refractivity contribution in [1.82, 2.24) is 10.3 Å². The van der Waals surface area contributed by atoms with Crippen molar-refractivity contribution in [2.24, 2.45) is 0 Å². The van der Waals surface area contributed by atoms with Gasteiger partial charge in [-0.3, -0.25) is 0 Å². The second kappa shape index (κ2) is 6.69. The summed E-state index contributed by atoms with van der Waals surface area (Å²) in [5, 5.41) is 5.01. The van der Waals surface area contributed by atoms with Gasteiger partial charge in [0, 0.05) is 30.6 Å². The van der Waals surface area contributed by atoms with Crippen LogP contribution in [0.1, 0.15) is 5.56 Å². The minimum absolute atomic E-state index is 0.674. The number of aromatic nitrogens is 1. The third-order valence-electron chi connectivity index (χ3n) is 2.14. The Labute approximate surface area is 110 Å². The molecule has 5 heteroatoms. The highest BCUT2D eigenvalue weighted by Gasteiger charge is 1.96. The molecule has 2 aromatic rings. The summed E-state index contributed by atoms with van der Waals surface area (Å²) < 4.78 is 4.98. The summed E-state index contributed by atoms with van der Waals surface area (Å²) in [5.74, 6) is 0.979. The van der Waals surface area contributed by atoms with Crippen molar-refractivity contribution in [3.63, 3.8) is 0 Å². The first-order valence-corrected chi connectivity index (χ1v) is 6.67. The monoisotopic (exact) mass is 268 g/mol. The Morgan fingerprint density at radius 3 is 3.00 bits per heavy atom. The Morgan fingerprint density at radius 2 is 2.29 bits per heavy atom. The Kier molecular flexibility index (Phi) is 4.91. The van der Waals surface area contributed by atoms with Gasteiger partial charge in [-0.2, -0.15) is 0 Å². The van der Waals surface area contributed by atoms with Crippen LogP contribution < -0.4 is 5.32 Å². The highest BCUT2D eigenvalue weighted by molar-refractivity contribution is 7.99. The number of furan rings is 1. The maximum atomic E-state index is 5.76. The highest BCUT2D eigenvalue weighted by atomic mass is 35.5. The van der Waals surface area contributed by atoms with Gasteiger partial charge < -0.3 is 9.73 Å². The number of hydrogen-bond donors (Lipinski definition) is 1. The van der Waals surface area contributed by atoms with Gasteiger partial charge in [-0.05, 0) is 18.2 Å². The summed E-state index contributed by atoms with van der Waals surface area (Å²) in [6.45, 7) is 1.77. The molecule has 0 spiro atoms. The average molecular weight is 269 g/mol. The summed E-state index contributed by atoms with van der Waals surface area (Å²) in [6.07, 6.45) is 5.10. The Morgan fingerprint density at radius 1 is 1.35 bits per heavy atom. The molecule has 0 saturated heterocycles. The van der Waals surface area contributed by atoms with E-state index in [0.29, 0.717) is 5.02 Å². The van der Waals surface area contributed by atoms with Gasteiger partial charge in [0.1, 0.15) is 0 Å². The van der Waals surface area contributed by atoms with Crippen LogP contribution in [0.2, 0.25) is 5.02 Å². The molecule has 2 heterocycles. The van der Waals surface area contributed by atoms with Crippen molar-refractivity contribution in [2.45, 2.75) is 11.6 Å². The molecule has 0 fully saturated rings. The largest absolute Gasteiger partial charge is 0.472 e. The number of hydrogen-bond acceptors (Lipinski definition) is 4. The molecule has 0 amide bonds. The summed E-state index contributed by atoms with van der Waals surface area (Å²) in [6, 6.07) is 5.75. The lowest BCUT2D eigenvalue weighted by Gasteiger charge is -2.02. The van der Waals surface area contributed by atoms with Crippen LogP contribution in [-0.2, 0) is 6.54 Å². The van der Waals surface area contributed by atoms with Crippen LogP contribution in [0.25, 0.3) is 0 Å². The first kappa shape index (κ1) is 12.5. The third-order valence-corrected chi connectivity index (χ3v) is 3.31. The Balaban J connectivity index is 1.61. The number of halogens is 1. The van der Waals surface area contributed by atoms with Crippen LogP contribution >= 0.6 is 23.4 Å². The fourth-order valence-corrected chi connectivity index (χ4v) is 2.16. The average Bonchev–Trinajstić information content (AvgIpc) is 2.84. The molecular weight excluding hydrogens is 256 g/mol. The lowest BCUT2D eigenvalue weighted by Crippen LogP contribution is -2.16. The molecule has 0 saturated carbocycles. The minimum Gasteiger partial charge on any atom is -0.472 e. The van der Waals surface area contributed by atoms with Gasteiger partial charge >= 0.3 is 0 Å². The normalized spacial score (nSPS) is 10.6. The fourth-order valence-electron chi connectivity index (χ4n) is 1.30. The standard InChI is InChI=1S/C12H13ClN2OS/c13-11-1-2-12(15-8-11)17-6-4-14-7-10-3-5-16-9-10/h1-3,5,8-9,14H,4,6-7H2. The predicted octanol–water partition coefficient (Wildman–Crippen LogP) is 3.21. The molecular formula is C12H13ClN2OS. The molecule has 2 rings (SSSR count). The Bertz CT molecular complexity index is 430. The summed E-state index contributed by atoms with van der Waals surface area (Å²) >= 11 is 7.47. The van der Waals surface area contributed by atoms with E-state index in [1.807, 2.05) is 18.2 Å². The number of pyridine rings is 1. The molecule has 0 aliphatic rings. The zero-order valence-electron chi connectivity index (χ0n) is 9.23. The molecule has 0 atom stereocenters. The van der Waals surface area contributed by atoms with E-state index in [1.165, 1.54) is 5.56 Å². The number of nitrogens with one attached hydrogen (secondary N) is 1. The second-order valence-electron chi connectivity index (χ2n) is 3.47. The van der Waals surface area contributed by atoms with Gasteiger partial charge in [0.05, 0.1) is 22.6 Å². The van der Waals surface area contributed by atoms with E-state index >= 15 is 0 Å². The van der Waals surface area contributed by atoms with Crippen LogP contribution in [0.15, 0.2) is 46.4 Å². The molecule has 0 aliphatic heterocycles. The smallest absolute Gasteiger partial charge is 0.0961 e. The number of rotatable bonds is 6. The minimum atomic E-state index is 0.674. The van der Waals surface area contributed by atoms with Crippen molar-refractivity contribution in [2.75, 3.05) is 12.3 Å². The van der Waals surface area contributed by atoms with Crippen LogP contribution in [0.4, 0.5) is 0 Å². The van der Waals surface area contributed by atoms with E-state index in [1.54, 1.807) is 30.5 Å². The number of nitrogens with zero attached hydrogens (tertiary/aromatic N) is 1. The van der Waals surface area contributed by atoms with Crippen LogP contribution in [0, 0.1) is 0 Å². The zero-order chi connectivity index (χ0) is 11.9. The quantitative estimate of drug-likeness (QED) is 0.645. The molecule has 17 heavy (non-hydrogen) atoms. The highest BCUT2D eigenvalue weighted by Crippen LogP contribution is 2.16. The lowest BCUT2D eigenvalue weighted by atomic mass is 10.3. The molecule has 3 nitrogen and oxygen atoms in total. The maximum Gasteiger partial charge on any atom is 0.0961 e. The van der Waals surface area contributed by atoms with Crippen LogP contribution in [0.3, 0.4) is 0 Å². The fraction of sp³-hybridized carbons (Fsp3) is 0.250. The van der Waals surface area contributed by atoms with Crippen LogP contribution in [-0.4, -0.2) is 17.3 Å². The van der Waals surface area contributed by atoms with Gasteiger partial charge in [-0.25, -0.2) is 4.98 Å². The zero-order valence-corrected chi connectivity index (χ0v) is 10.8. The van der Waals surface area contributed by atoms with Gasteiger partial charge in [0.15, 0.2) is 0 Å². The van der Waals surface area contributed by atoms with E-state index in [0.717, 1.165) is 23.9 Å². The van der Waals surface area contributed by atoms with E-state index < -0.39 is 0 Å². The van der Waals surface area contributed by atoms with Gasteiger partial charge in [-0.15, -0.1) is 11.8 Å². The van der Waals surface area contributed by atoms with Crippen molar-refractivity contribution >= 4 is 23.4 Å². The van der Waals surface area contributed by atoms with Gasteiger partial charge in [0.2, 0.25) is 0 Å². The van der Waals surface area contributed by atoms with E-state index in [-0.39, 0.29) is 0 Å². The van der Waals surface area contributed by atoms with Gasteiger partial charge in [-0.1, -0.05) is 11.6 Å². The number of thioether (sulfide) groups is 1. The SMILES string of the molecule is Clc1ccc(SCCNCc2ccoc2)nc1. The summed E-state index contributed by atoms with van der Waals surface area (Å²) in [5.41, 5.74) is 1.17. The summed E-state index contributed by atoms with van der Waals surface area (Å²) in [4.78, 5) is 4.21. The second-order valence-corrected chi connectivity index (χ2v) is 5.02. The lowest BCUT2D eigenvalue weighted by molar-refractivity contribution is 0.561. The van der Waals surface area contributed by atoms with Crippen molar-refractivity contribution < 1.29 is 4.42 Å². The molecule has 0 aromatic carbocycles. The van der Waals surface area contributed by atoms with Crippen molar-refractivity contribution in [1.29, 1.82) is 0 Å². The molecule has 90 valence electrons. The molecule has 0 bridgehead atoms. The third kappa shape index (κ3) is 4.42. The van der Waals surface area contributed by atoms with Crippen molar-refractivity contribution in [3.05, 3.63) is 47.5 Å². The van der Waals surface area contributed by atoms with E-state index in [2.05, 4.69) is 10.3 Å². The maximum absolute atomic E-state index is 5.76. The molecule has 1 N–H and O–H groups in total. The Hall–Kier alpha value is -0.970. The molecule has 0 aliphatic carbocycles. The summed E-state index contributed by atoms with van der Waals surface area (Å²) in [7, 11) is 0. The molecule has 0 radical (unpaired) electrons. The topological polar surface area (TPSA) is 38.1 Å². The first-order valence-electron chi connectivity index (χ1n) is 5.31. The first-order chi connectivity index (χ1) is 8.34. The van der Waals surface area contributed by atoms with E-state index in [9.17, 15) is 0 Å². The molecule has 0 unspecified atom stereocenters. The van der Waals surface area contributed by atoms with E-state index in [4.69, 9.17) is 16.0 Å².